The molecule has 14 heavy (non-hydrogen) atoms. The van der Waals surface area contributed by atoms with Crippen LogP contribution in [0.15, 0.2) is 12.1 Å². The van der Waals surface area contributed by atoms with E-state index >= 15 is 0 Å². The SMILES string of the molecule is CC(=O)c1c(C#N)cc(Cl)cc1C=O. The van der Waals surface area contributed by atoms with Crippen LogP contribution in [0.4, 0.5) is 0 Å². The Bertz CT molecular complexity index is 446. The number of hydrogen-bond donors (Lipinski definition) is 0. The Kier molecular flexibility index (Phi) is 3.00. The van der Waals surface area contributed by atoms with Crippen molar-refractivity contribution < 1.29 is 9.59 Å². The summed E-state index contributed by atoms with van der Waals surface area (Å²) >= 11 is 5.66. The van der Waals surface area contributed by atoms with Gasteiger partial charge in [0.15, 0.2) is 12.1 Å². The molecule has 0 N–H and O–H groups in total. The second-order valence-electron chi connectivity index (χ2n) is 2.70. The van der Waals surface area contributed by atoms with E-state index in [2.05, 4.69) is 0 Å². The lowest BCUT2D eigenvalue weighted by Gasteiger charge is -2.03. The molecule has 1 rings (SSSR count). The molecule has 70 valence electrons. The van der Waals surface area contributed by atoms with Crippen LogP contribution in [-0.2, 0) is 0 Å². The van der Waals surface area contributed by atoms with Gasteiger partial charge in [0.2, 0.25) is 0 Å². The van der Waals surface area contributed by atoms with Gasteiger partial charge in [-0.2, -0.15) is 5.26 Å². The predicted molar refractivity (Wildman–Crippen MR) is 51.6 cm³/mol. The van der Waals surface area contributed by atoms with E-state index < -0.39 is 0 Å². The average Bonchev–Trinajstić information content (AvgIpc) is 2.15. The Morgan fingerprint density at radius 2 is 2.21 bits per heavy atom. The molecule has 0 radical (unpaired) electrons. The Morgan fingerprint density at radius 1 is 1.57 bits per heavy atom. The van der Waals surface area contributed by atoms with Gasteiger partial charge in [-0.15, -0.1) is 0 Å². The molecule has 0 aliphatic carbocycles. The van der Waals surface area contributed by atoms with E-state index in [0.29, 0.717) is 6.29 Å². The molecular formula is C10H6ClNO2. The van der Waals surface area contributed by atoms with Crippen molar-refractivity contribution in [2.75, 3.05) is 0 Å². The molecule has 0 bridgehead atoms. The van der Waals surface area contributed by atoms with Gasteiger partial charge >= 0.3 is 0 Å². The molecule has 0 aromatic heterocycles. The number of rotatable bonds is 2. The van der Waals surface area contributed by atoms with Gasteiger partial charge in [-0.3, -0.25) is 9.59 Å². The zero-order valence-corrected chi connectivity index (χ0v) is 8.13. The highest BCUT2D eigenvalue weighted by Gasteiger charge is 2.13. The fourth-order valence-corrected chi connectivity index (χ4v) is 1.43. The maximum atomic E-state index is 11.2. The highest BCUT2D eigenvalue weighted by molar-refractivity contribution is 6.31. The van der Waals surface area contributed by atoms with Crippen molar-refractivity contribution in [2.45, 2.75) is 6.92 Å². The van der Waals surface area contributed by atoms with Gasteiger partial charge in [0, 0.05) is 16.1 Å². The highest BCUT2D eigenvalue weighted by atomic mass is 35.5. The minimum atomic E-state index is -0.319. The number of ketones is 1. The van der Waals surface area contributed by atoms with Crippen molar-refractivity contribution in [3.05, 3.63) is 33.8 Å². The maximum absolute atomic E-state index is 11.2. The number of hydrogen-bond acceptors (Lipinski definition) is 3. The standard InChI is InChI=1S/C10H6ClNO2/c1-6(14)10-7(4-12)2-9(11)3-8(10)5-13/h2-3,5H,1H3. The van der Waals surface area contributed by atoms with Gasteiger partial charge < -0.3 is 0 Å². The second kappa shape index (κ2) is 4.03. The summed E-state index contributed by atoms with van der Waals surface area (Å²) in [5.41, 5.74) is 0.417. The molecule has 1 aromatic carbocycles. The van der Waals surface area contributed by atoms with Crippen molar-refractivity contribution in [3.63, 3.8) is 0 Å². The number of carbonyl (C=O) groups excluding carboxylic acids is 2. The zero-order valence-electron chi connectivity index (χ0n) is 7.37. The summed E-state index contributed by atoms with van der Waals surface area (Å²) in [7, 11) is 0. The van der Waals surface area contributed by atoms with E-state index in [9.17, 15) is 9.59 Å². The first kappa shape index (κ1) is 10.4. The number of nitrogens with zero attached hydrogens (tertiary/aromatic N) is 1. The molecule has 0 heterocycles. The monoisotopic (exact) mass is 207 g/mol. The van der Waals surface area contributed by atoms with Crippen LogP contribution in [0.3, 0.4) is 0 Å². The van der Waals surface area contributed by atoms with Crippen molar-refractivity contribution in [1.82, 2.24) is 0 Å². The van der Waals surface area contributed by atoms with E-state index in [1.54, 1.807) is 0 Å². The molecule has 0 aliphatic rings. The van der Waals surface area contributed by atoms with E-state index in [1.807, 2.05) is 6.07 Å². The first-order chi connectivity index (χ1) is 6.60. The third-order valence-corrected chi connectivity index (χ3v) is 1.95. The number of benzene rings is 1. The summed E-state index contributed by atoms with van der Waals surface area (Å²) in [5, 5.41) is 9.01. The van der Waals surface area contributed by atoms with Gasteiger partial charge in [0.05, 0.1) is 11.6 Å². The maximum Gasteiger partial charge on any atom is 0.161 e. The van der Waals surface area contributed by atoms with Crippen LogP contribution in [0.25, 0.3) is 0 Å². The summed E-state index contributed by atoms with van der Waals surface area (Å²) in [4.78, 5) is 21.8. The molecule has 0 aliphatic heterocycles. The minimum Gasteiger partial charge on any atom is -0.298 e. The zero-order chi connectivity index (χ0) is 10.7. The number of carbonyl (C=O) groups is 2. The van der Waals surface area contributed by atoms with Crippen LogP contribution in [0.2, 0.25) is 5.02 Å². The first-order valence-electron chi connectivity index (χ1n) is 3.80. The van der Waals surface area contributed by atoms with Crippen LogP contribution >= 0.6 is 11.6 Å². The number of halogens is 1. The molecule has 0 spiro atoms. The van der Waals surface area contributed by atoms with Gasteiger partial charge in [-0.1, -0.05) is 11.6 Å². The Morgan fingerprint density at radius 3 is 2.64 bits per heavy atom. The smallest absolute Gasteiger partial charge is 0.161 e. The average molecular weight is 208 g/mol. The number of nitriles is 1. The summed E-state index contributed by atoms with van der Waals surface area (Å²) < 4.78 is 0. The lowest BCUT2D eigenvalue weighted by Crippen LogP contribution is -2.02. The van der Waals surface area contributed by atoms with E-state index in [4.69, 9.17) is 16.9 Å². The topological polar surface area (TPSA) is 57.9 Å². The number of aldehydes is 1. The predicted octanol–water partition coefficient (Wildman–Crippen LogP) is 2.23. The Labute approximate surface area is 85.9 Å². The third kappa shape index (κ3) is 1.81. The summed E-state index contributed by atoms with van der Waals surface area (Å²) in [6.07, 6.45) is 0.517. The fourth-order valence-electron chi connectivity index (χ4n) is 1.20. The van der Waals surface area contributed by atoms with Gasteiger partial charge in [0.25, 0.3) is 0 Å². The second-order valence-corrected chi connectivity index (χ2v) is 3.14. The quantitative estimate of drug-likeness (QED) is 0.552. The van der Waals surface area contributed by atoms with E-state index in [-0.39, 0.29) is 27.5 Å². The fraction of sp³-hybridized carbons (Fsp3) is 0.100. The van der Waals surface area contributed by atoms with Crippen LogP contribution < -0.4 is 0 Å². The molecule has 0 unspecified atom stereocenters. The summed E-state index contributed by atoms with van der Waals surface area (Å²) in [6.45, 7) is 1.30. The molecular weight excluding hydrogens is 202 g/mol. The van der Waals surface area contributed by atoms with Gasteiger partial charge in [0.1, 0.15) is 0 Å². The lowest BCUT2D eigenvalue weighted by atomic mass is 9.99. The number of Topliss-reactive ketones (excluding diaryl/α,β-unsaturated/α-hetero) is 1. The molecule has 0 saturated heterocycles. The molecule has 1 aromatic rings. The molecule has 0 amide bonds. The van der Waals surface area contributed by atoms with Crippen molar-refractivity contribution in [2.24, 2.45) is 0 Å². The third-order valence-electron chi connectivity index (χ3n) is 1.73. The molecule has 0 saturated carbocycles. The molecule has 0 fully saturated rings. The van der Waals surface area contributed by atoms with Crippen molar-refractivity contribution in [1.29, 1.82) is 5.26 Å². The lowest BCUT2D eigenvalue weighted by molar-refractivity contribution is 0.100. The van der Waals surface area contributed by atoms with Crippen LogP contribution in [0.1, 0.15) is 33.2 Å². The Hall–Kier alpha value is -1.66. The summed E-state index contributed by atoms with van der Waals surface area (Å²) in [6, 6.07) is 4.56. The minimum absolute atomic E-state index is 0.131. The van der Waals surface area contributed by atoms with Crippen LogP contribution in [0.5, 0.6) is 0 Å². The molecule has 4 heteroatoms. The van der Waals surface area contributed by atoms with Crippen molar-refractivity contribution >= 4 is 23.7 Å². The van der Waals surface area contributed by atoms with Gasteiger partial charge in [-0.25, -0.2) is 0 Å². The normalized spacial score (nSPS) is 9.21. The first-order valence-corrected chi connectivity index (χ1v) is 4.17. The van der Waals surface area contributed by atoms with E-state index in [0.717, 1.165) is 0 Å². The molecule has 3 nitrogen and oxygen atoms in total. The van der Waals surface area contributed by atoms with Crippen molar-refractivity contribution in [3.8, 4) is 6.07 Å². The molecule has 0 atom stereocenters. The van der Waals surface area contributed by atoms with Crippen LogP contribution in [-0.4, -0.2) is 12.1 Å². The van der Waals surface area contributed by atoms with Crippen LogP contribution in [0, 0.1) is 11.3 Å². The van der Waals surface area contributed by atoms with E-state index in [1.165, 1.54) is 19.1 Å². The van der Waals surface area contributed by atoms with Gasteiger partial charge in [-0.05, 0) is 19.1 Å². The summed E-state index contributed by atoms with van der Waals surface area (Å²) in [5.74, 6) is -0.319. The largest absolute Gasteiger partial charge is 0.298 e. The Balaban J connectivity index is 3.58. The highest BCUT2D eigenvalue weighted by Crippen LogP contribution is 2.20.